The molecule has 0 radical (unpaired) electrons. The van der Waals surface area contributed by atoms with Crippen LogP contribution in [-0.4, -0.2) is 18.3 Å². The minimum atomic E-state index is 0.282. The standard InChI is InChI=1S/C15H25NO2/c1-3-12(6-7-17)9-16-10-13-4-5-15(18-13)14-8-11(14)2/h4-5,11-12,14,16-17H,3,6-10H2,1-2H3. The van der Waals surface area contributed by atoms with E-state index in [1.54, 1.807) is 0 Å². The molecular weight excluding hydrogens is 226 g/mol. The van der Waals surface area contributed by atoms with Crippen molar-refractivity contribution < 1.29 is 9.52 Å². The molecule has 3 heteroatoms. The second kappa shape index (κ2) is 6.39. The van der Waals surface area contributed by atoms with E-state index in [2.05, 4.69) is 31.3 Å². The van der Waals surface area contributed by atoms with E-state index in [1.807, 2.05) is 0 Å². The van der Waals surface area contributed by atoms with Gasteiger partial charge in [0.25, 0.3) is 0 Å². The van der Waals surface area contributed by atoms with Crippen LogP contribution in [0.4, 0.5) is 0 Å². The monoisotopic (exact) mass is 251 g/mol. The molecule has 0 saturated heterocycles. The van der Waals surface area contributed by atoms with Gasteiger partial charge in [-0.3, -0.25) is 0 Å². The zero-order chi connectivity index (χ0) is 13.0. The van der Waals surface area contributed by atoms with Gasteiger partial charge in [0, 0.05) is 12.5 Å². The molecule has 1 aromatic heterocycles. The Labute approximate surface area is 110 Å². The molecular formula is C15H25NO2. The van der Waals surface area contributed by atoms with E-state index in [0.29, 0.717) is 11.8 Å². The van der Waals surface area contributed by atoms with E-state index in [4.69, 9.17) is 9.52 Å². The van der Waals surface area contributed by atoms with Crippen LogP contribution in [0.5, 0.6) is 0 Å². The van der Waals surface area contributed by atoms with Gasteiger partial charge in [-0.25, -0.2) is 0 Å². The van der Waals surface area contributed by atoms with Gasteiger partial charge in [0.2, 0.25) is 0 Å². The van der Waals surface area contributed by atoms with Crippen molar-refractivity contribution in [2.24, 2.45) is 11.8 Å². The van der Waals surface area contributed by atoms with E-state index >= 15 is 0 Å². The van der Waals surface area contributed by atoms with Gasteiger partial charge in [-0.05, 0) is 43.4 Å². The van der Waals surface area contributed by atoms with Crippen molar-refractivity contribution >= 4 is 0 Å². The molecule has 18 heavy (non-hydrogen) atoms. The van der Waals surface area contributed by atoms with Gasteiger partial charge in [0.05, 0.1) is 6.54 Å². The van der Waals surface area contributed by atoms with Crippen molar-refractivity contribution in [3.63, 3.8) is 0 Å². The topological polar surface area (TPSA) is 45.4 Å². The van der Waals surface area contributed by atoms with Gasteiger partial charge in [-0.15, -0.1) is 0 Å². The van der Waals surface area contributed by atoms with Crippen LogP contribution >= 0.6 is 0 Å². The Balaban J connectivity index is 1.71. The molecule has 3 unspecified atom stereocenters. The Hall–Kier alpha value is -0.800. The minimum absolute atomic E-state index is 0.282. The second-order valence-electron chi connectivity index (χ2n) is 5.54. The highest BCUT2D eigenvalue weighted by atomic mass is 16.3. The summed E-state index contributed by atoms with van der Waals surface area (Å²) in [7, 11) is 0. The fourth-order valence-corrected chi connectivity index (χ4v) is 2.44. The molecule has 1 aliphatic carbocycles. The number of aliphatic hydroxyl groups is 1. The Bertz CT molecular complexity index is 361. The van der Waals surface area contributed by atoms with Crippen LogP contribution in [0, 0.1) is 11.8 Å². The Kier molecular flexibility index (Phi) is 4.84. The minimum Gasteiger partial charge on any atom is -0.464 e. The van der Waals surface area contributed by atoms with Crippen LogP contribution < -0.4 is 5.32 Å². The van der Waals surface area contributed by atoms with Gasteiger partial charge in [0.15, 0.2) is 0 Å². The number of rotatable bonds is 8. The Morgan fingerprint density at radius 3 is 2.89 bits per heavy atom. The average molecular weight is 251 g/mol. The van der Waals surface area contributed by atoms with Crippen molar-refractivity contribution in [1.82, 2.24) is 5.32 Å². The molecule has 3 atom stereocenters. The summed E-state index contributed by atoms with van der Waals surface area (Å²) in [6, 6.07) is 4.20. The first-order chi connectivity index (χ1) is 8.74. The van der Waals surface area contributed by atoms with Crippen molar-refractivity contribution in [1.29, 1.82) is 0 Å². The predicted molar refractivity (Wildman–Crippen MR) is 72.4 cm³/mol. The van der Waals surface area contributed by atoms with Crippen molar-refractivity contribution in [2.75, 3.05) is 13.2 Å². The van der Waals surface area contributed by atoms with Gasteiger partial charge in [-0.2, -0.15) is 0 Å². The quantitative estimate of drug-likeness (QED) is 0.746. The van der Waals surface area contributed by atoms with Gasteiger partial charge in [-0.1, -0.05) is 20.3 Å². The zero-order valence-electron chi connectivity index (χ0n) is 11.5. The molecule has 0 amide bonds. The highest BCUT2D eigenvalue weighted by Crippen LogP contribution is 2.47. The van der Waals surface area contributed by atoms with Crippen molar-refractivity contribution in [3.8, 4) is 0 Å². The molecule has 3 nitrogen and oxygen atoms in total. The summed E-state index contributed by atoms with van der Waals surface area (Å²) < 4.78 is 5.84. The summed E-state index contributed by atoms with van der Waals surface area (Å²) in [5.41, 5.74) is 0. The Morgan fingerprint density at radius 2 is 2.28 bits per heavy atom. The van der Waals surface area contributed by atoms with Crippen LogP contribution in [0.1, 0.15) is 50.5 Å². The molecule has 2 rings (SSSR count). The number of aliphatic hydroxyl groups excluding tert-OH is 1. The highest BCUT2D eigenvalue weighted by molar-refractivity contribution is 5.17. The first-order valence-electron chi connectivity index (χ1n) is 7.14. The zero-order valence-corrected chi connectivity index (χ0v) is 11.5. The van der Waals surface area contributed by atoms with Crippen LogP contribution in [0.2, 0.25) is 0 Å². The second-order valence-corrected chi connectivity index (χ2v) is 5.54. The maximum atomic E-state index is 8.93. The number of hydrogen-bond acceptors (Lipinski definition) is 3. The molecule has 1 heterocycles. The van der Waals surface area contributed by atoms with Crippen LogP contribution in [0.3, 0.4) is 0 Å². The molecule has 1 saturated carbocycles. The molecule has 2 N–H and O–H groups in total. The SMILES string of the molecule is CCC(CCO)CNCc1ccc(C2CC2C)o1. The molecule has 0 aromatic carbocycles. The van der Waals surface area contributed by atoms with Gasteiger partial charge in [0.1, 0.15) is 11.5 Å². The molecule has 0 aliphatic heterocycles. The molecule has 0 bridgehead atoms. The van der Waals surface area contributed by atoms with E-state index in [-0.39, 0.29) is 6.61 Å². The van der Waals surface area contributed by atoms with E-state index in [9.17, 15) is 0 Å². The first kappa shape index (κ1) is 13.6. The first-order valence-corrected chi connectivity index (χ1v) is 7.14. The smallest absolute Gasteiger partial charge is 0.117 e. The third kappa shape index (κ3) is 3.59. The van der Waals surface area contributed by atoms with Crippen molar-refractivity contribution in [2.45, 2.75) is 45.6 Å². The molecule has 1 aromatic rings. The fraction of sp³-hybridized carbons (Fsp3) is 0.733. The molecule has 1 fully saturated rings. The largest absolute Gasteiger partial charge is 0.464 e. The molecule has 102 valence electrons. The maximum absolute atomic E-state index is 8.93. The maximum Gasteiger partial charge on any atom is 0.117 e. The normalized spacial score (nSPS) is 24.2. The summed E-state index contributed by atoms with van der Waals surface area (Å²) in [6.45, 7) is 6.47. The van der Waals surface area contributed by atoms with Crippen molar-refractivity contribution in [3.05, 3.63) is 23.7 Å². The van der Waals surface area contributed by atoms with Gasteiger partial charge < -0.3 is 14.8 Å². The highest BCUT2D eigenvalue weighted by Gasteiger charge is 2.36. The van der Waals surface area contributed by atoms with E-state index in [0.717, 1.165) is 43.4 Å². The number of hydrogen-bond donors (Lipinski definition) is 2. The van der Waals surface area contributed by atoms with Crippen LogP contribution in [-0.2, 0) is 6.54 Å². The Morgan fingerprint density at radius 1 is 1.50 bits per heavy atom. The lowest BCUT2D eigenvalue weighted by atomic mass is 10.0. The van der Waals surface area contributed by atoms with E-state index in [1.165, 1.54) is 6.42 Å². The lowest BCUT2D eigenvalue weighted by Crippen LogP contribution is -2.22. The summed E-state index contributed by atoms with van der Waals surface area (Å²) in [5.74, 6) is 4.21. The summed E-state index contributed by atoms with van der Waals surface area (Å²) >= 11 is 0. The molecule has 0 spiro atoms. The lowest BCUT2D eigenvalue weighted by Gasteiger charge is -2.13. The number of nitrogens with one attached hydrogen (secondary N) is 1. The summed E-state index contributed by atoms with van der Waals surface area (Å²) in [5, 5.41) is 12.4. The number of furan rings is 1. The summed E-state index contributed by atoms with van der Waals surface area (Å²) in [6.07, 6.45) is 3.26. The lowest BCUT2D eigenvalue weighted by molar-refractivity contribution is 0.250. The van der Waals surface area contributed by atoms with Gasteiger partial charge >= 0.3 is 0 Å². The molecule has 1 aliphatic rings. The third-order valence-corrected chi connectivity index (χ3v) is 4.00. The fourth-order valence-electron chi connectivity index (χ4n) is 2.44. The van der Waals surface area contributed by atoms with E-state index < -0.39 is 0 Å². The van der Waals surface area contributed by atoms with Crippen LogP contribution in [0.25, 0.3) is 0 Å². The average Bonchev–Trinajstić information content (AvgIpc) is 2.91. The predicted octanol–water partition coefficient (Wildman–Crippen LogP) is 2.90. The van der Waals surface area contributed by atoms with Crippen LogP contribution in [0.15, 0.2) is 16.5 Å². The summed E-state index contributed by atoms with van der Waals surface area (Å²) in [4.78, 5) is 0. The third-order valence-electron chi connectivity index (χ3n) is 4.00.